The fourth-order valence-electron chi connectivity index (χ4n) is 1.44. The molecule has 0 amide bonds. The van der Waals surface area contributed by atoms with Crippen LogP contribution in [0.1, 0.15) is 10.4 Å². The van der Waals surface area contributed by atoms with Crippen molar-refractivity contribution in [3.63, 3.8) is 0 Å². The molecule has 0 aliphatic heterocycles. The highest BCUT2D eigenvalue weighted by atomic mass is 127. The van der Waals surface area contributed by atoms with Crippen LogP contribution >= 0.6 is 34.2 Å². The Morgan fingerprint density at radius 1 is 1.41 bits per heavy atom. The average Bonchev–Trinajstić information content (AvgIpc) is 2.85. The molecule has 0 bridgehead atoms. The standard InChI is InChI=1S/C12H8ClIO3/c1-16-12(15)8-5-4-7(11(14)10(8)13)9-3-2-6-17-9/h2-6H,1H3. The van der Waals surface area contributed by atoms with Crippen LogP contribution in [0.2, 0.25) is 5.02 Å². The largest absolute Gasteiger partial charge is 0.465 e. The van der Waals surface area contributed by atoms with Crippen molar-refractivity contribution in [3.05, 3.63) is 44.7 Å². The third-order valence-corrected chi connectivity index (χ3v) is 4.11. The zero-order chi connectivity index (χ0) is 12.4. The Morgan fingerprint density at radius 3 is 2.76 bits per heavy atom. The van der Waals surface area contributed by atoms with Crippen LogP contribution in [0.4, 0.5) is 0 Å². The van der Waals surface area contributed by atoms with E-state index in [1.165, 1.54) is 7.11 Å². The van der Waals surface area contributed by atoms with Crippen molar-refractivity contribution < 1.29 is 13.9 Å². The van der Waals surface area contributed by atoms with Crippen molar-refractivity contribution in [1.82, 2.24) is 0 Å². The molecule has 88 valence electrons. The molecule has 0 aliphatic rings. The maximum absolute atomic E-state index is 11.5. The van der Waals surface area contributed by atoms with Crippen molar-refractivity contribution in [1.29, 1.82) is 0 Å². The minimum absolute atomic E-state index is 0.355. The lowest BCUT2D eigenvalue weighted by atomic mass is 10.1. The Balaban J connectivity index is 2.54. The summed E-state index contributed by atoms with van der Waals surface area (Å²) in [6.45, 7) is 0. The number of rotatable bonds is 2. The molecule has 0 saturated carbocycles. The fraction of sp³-hybridized carbons (Fsp3) is 0.0833. The molecule has 0 radical (unpaired) electrons. The van der Waals surface area contributed by atoms with Gasteiger partial charge in [0.1, 0.15) is 5.76 Å². The number of benzene rings is 1. The summed E-state index contributed by atoms with van der Waals surface area (Å²) in [5.74, 6) is 0.270. The van der Waals surface area contributed by atoms with E-state index >= 15 is 0 Å². The van der Waals surface area contributed by atoms with E-state index in [-0.39, 0.29) is 0 Å². The van der Waals surface area contributed by atoms with Crippen molar-refractivity contribution >= 4 is 40.2 Å². The SMILES string of the molecule is COC(=O)c1ccc(-c2ccco2)c(I)c1Cl. The normalized spacial score (nSPS) is 10.3. The molecule has 0 fully saturated rings. The molecule has 1 aromatic carbocycles. The molecule has 0 spiro atoms. The molecule has 0 aliphatic carbocycles. The number of carbonyl (C=O) groups is 1. The van der Waals surface area contributed by atoms with E-state index in [4.69, 9.17) is 16.0 Å². The second-order valence-electron chi connectivity index (χ2n) is 3.26. The van der Waals surface area contributed by atoms with Crippen LogP contribution in [0.3, 0.4) is 0 Å². The van der Waals surface area contributed by atoms with E-state index < -0.39 is 5.97 Å². The Kier molecular flexibility index (Phi) is 3.73. The summed E-state index contributed by atoms with van der Waals surface area (Å²) in [7, 11) is 1.33. The third kappa shape index (κ3) is 2.32. The Hall–Kier alpha value is -1.01. The Bertz CT molecular complexity index is 549. The van der Waals surface area contributed by atoms with Crippen LogP contribution in [0.25, 0.3) is 11.3 Å². The molecule has 0 unspecified atom stereocenters. The first-order chi connectivity index (χ1) is 8.15. The maximum Gasteiger partial charge on any atom is 0.339 e. The van der Waals surface area contributed by atoms with Crippen molar-refractivity contribution in [2.24, 2.45) is 0 Å². The molecule has 0 atom stereocenters. The highest BCUT2D eigenvalue weighted by molar-refractivity contribution is 14.1. The number of esters is 1. The fourth-order valence-corrected chi connectivity index (χ4v) is 2.42. The van der Waals surface area contributed by atoms with Crippen LogP contribution in [-0.2, 0) is 4.74 Å². The molecule has 0 N–H and O–H groups in total. The molecule has 1 aromatic heterocycles. The lowest BCUT2D eigenvalue weighted by Gasteiger charge is -2.07. The van der Waals surface area contributed by atoms with Gasteiger partial charge >= 0.3 is 5.97 Å². The van der Waals surface area contributed by atoms with E-state index in [1.807, 2.05) is 6.07 Å². The third-order valence-electron chi connectivity index (χ3n) is 2.27. The van der Waals surface area contributed by atoms with Gasteiger partial charge in [-0.15, -0.1) is 0 Å². The van der Waals surface area contributed by atoms with Gasteiger partial charge in [0.25, 0.3) is 0 Å². The Morgan fingerprint density at radius 2 is 2.18 bits per heavy atom. The monoisotopic (exact) mass is 362 g/mol. The summed E-state index contributed by atoms with van der Waals surface area (Å²) in [5, 5.41) is 0.381. The summed E-state index contributed by atoms with van der Waals surface area (Å²) in [6, 6.07) is 7.06. The van der Waals surface area contributed by atoms with Gasteiger partial charge in [0.05, 0.1) is 24.0 Å². The van der Waals surface area contributed by atoms with E-state index in [0.717, 1.165) is 9.13 Å². The predicted molar refractivity (Wildman–Crippen MR) is 73.2 cm³/mol. The zero-order valence-corrected chi connectivity index (χ0v) is 11.8. The first-order valence-corrected chi connectivity index (χ1v) is 6.21. The van der Waals surface area contributed by atoms with E-state index in [9.17, 15) is 4.79 Å². The summed E-state index contributed by atoms with van der Waals surface area (Å²) < 4.78 is 10.7. The van der Waals surface area contributed by atoms with Gasteiger partial charge in [-0.3, -0.25) is 0 Å². The van der Waals surface area contributed by atoms with Gasteiger partial charge in [-0.05, 0) is 46.9 Å². The zero-order valence-electron chi connectivity index (χ0n) is 8.87. The molecule has 17 heavy (non-hydrogen) atoms. The number of ether oxygens (including phenoxy) is 1. The maximum atomic E-state index is 11.5. The van der Waals surface area contributed by atoms with Crippen molar-refractivity contribution in [2.75, 3.05) is 7.11 Å². The number of furan rings is 1. The first kappa shape index (κ1) is 12.4. The number of hydrogen-bond donors (Lipinski definition) is 0. The molecular formula is C12H8ClIO3. The summed E-state index contributed by atoms with van der Waals surface area (Å²) >= 11 is 8.22. The van der Waals surface area contributed by atoms with E-state index in [1.54, 1.807) is 24.5 Å². The van der Waals surface area contributed by atoms with E-state index in [0.29, 0.717) is 16.3 Å². The molecule has 1 heterocycles. The first-order valence-electron chi connectivity index (χ1n) is 4.75. The second kappa shape index (κ2) is 5.10. The van der Waals surface area contributed by atoms with Gasteiger partial charge in [-0.2, -0.15) is 0 Å². The smallest absolute Gasteiger partial charge is 0.339 e. The van der Waals surface area contributed by atoms with Gasteiger partial charge in [-0.25, -0.2) is 4.79 Å². The lowest BCUT2D eigenvalue weighted by Crippen LogP contribution is -2.03. The highest BCUT2D eigenvalue weighted by Crippen LogP contribution is 2.33. The molecule has 5 heteroatoms. The lowest BCUT2D eigenvalue weighted by molar-refractivity contribution is 0.0601. The minimum Gasteiger partial charge on any atom is -0.465 e. The minimum atomic E-state index is -0.445. The van der Waals surface area contributed by atoms with Gasteiger partial charge in [0.2, 0.25) is 0 Å². The van der Waals surface area contributed by atoms with Crippen molar-refractivity contribution in [2.45, 2.75) is 0 Å². The number of hydrogen-bond acceptors (Lipinski definition) is 3. The predicted octanol–water partition coefficient (Wildman–Crippen LogP) is 3.99. The van der Waals surface area contributed by atoms with Gasteiger partial charge in [0, 0.05) is 9.13 Å². The molecule has 2 aromatic rings. The van der Waals surface area contributed by atoms with Crippen molar-refractivity contribution in [3.8, 4) is 11.3 Å². The molecule has 0 saturated heterocycles. The summed E-state index contributed by atoms with van der Waals surface area (Å²) in [6.07, 6.45) is 1.59. The highest BCUT2D eigenvalue weighted by Gasteiger charge is 2.17. The van der Waals surface area contributed by atoms with Crippen LogP contribution in [0.5, 0.6) is 0 Å². The number of halogens is 2. The summed E-state index contributed by atoms with van der Waals surface area (Å²) in [4.78, 5) is 11.5. The van der Waals surface area contributed by atoms with Gasteiger partial charge in [0.15, 0.2) is 0 Å². The average molecular weight is 363 g/mol. The van der Waals surface area contributed by atoms with Gasteiger partial charge in [-0.1, -0.05) is 11.6 Å². The van der Waals surface area contributed by atoms with Gasteiger partial charge < -0.3 is 9.15 Å². The quantitative estimate of drug-likeness (QED) is 0.599. The molecule has 2 rings (SSSR count). The van der Waals surface area contributed by atoms with Crippen LogP contribution in [0, 0.1) is 3.57 Å². The molecule has 3 nitrogen and oxygen atoms in total. The Labute approximate surface area is 117 Å². The number of methoxy groups -OCH3 is 1. The van der Waals surface area contributed by atoms with Crippen LogP contribution in [-0.4, -0.2) is 13.1 Å². The number of carbonyl (C=O) groups excluding carboxylic acids is 1. The summed E-state index contributed by atoms with van der Waals surface area (Å²) in [5.41, 5.74) is 1.21. The molecular weight excluding hydrogens is 354 g/mol. The topological polar surface area (TPSA) is 39.4 Å². The second-order valence-corrected chi connectivity index (χ2v) is 4.71. The van der Waals surface area contributed by atoms with E-state index in [2.05, 4.69) is 27.3 Å². The van der Waals surface area contributed by atoms with Crippen LogP contribution in [0.15, 0.2) is 34.9 Å². The van der Waals surface area contributed by atoms with Crippen LogP contribution < -0.4 is 0 Å².